The van der Waals surface area contributed by atoms with Crippen LogP contribution in [0.5, 0.6) is 0 Å². The minimum Gasteiger partial charge on any atom is -0.333 e. The quantitative estimate of drug-likeness (QED) is 0.829. The Morgan fingerprint density at radius 3 is 3.14 bits per heavy atom. The zero-order chi connectivity index (χ0) is 9.97. The molecule has 0 radical (unpaired) electrons. The maximum absolute atomic E-state index is 4.20. The third kappa shape index (κ3) is 1.81. The van der Waals surface area contributed by atoms with Crippen molar-refractivity contribution < 1.29 is 0 Å². The van der Waals surface area contributed by atoms with E-state index in [9.17, 15) is 0 Å². The van der Waals surface area contributed by atoms with Gasteiger partial charge in [0.25, 0.3) is 0 Å². The second-order valence-corrected chi connectivity index (χ2v) is 4.73. The van der Waals surface area contributed by atoms with Gasteiger partial charge in [-0.1, -0.05) is 6.92 Å². The zero-order valence-corrected chi connectivity index (χ0v) is 9.55. The normalized spacial score (nSPS) is 27.0. The van der Waals surface area contributed by atoms with Gasteiger partial charge in [-0.15, -0.1) is 11.8 Å². The number of rotatable bonds is 3. The predicted molar refractivity (Wildman–Crippen MR) is 60.3 cm³/mol. The van der Waals surface area contributed by atoms with E-state index in [0.29, 0.717) is 11.4 Å². The number of hydrogen-bond acceptors (Lipinski definition) is 3. The zero-order valence-electron chi connectivity index (χ0n) is 8.73. The molecule has 2 heterocycles. The molecule has 2 unspecified atom stereocenters. The molecule has 0 aromatic carbocycles. The fourth-order valence-corrected chi connectivity index (χ4v) is 3.16. The molecule has 1 aromatic heterocycles. The number of aromatic nitrogens is 2. The Morgan fingerprint density at radius 1 is 1.64 bits per heavy atom. The van der Waals surface area contributed by atoms with Crippen molar-refractivity contribution in [2.24, 2.45) is 0 Å². The molecule has 0 saturated carbocycles. The first-order valence-corrected chi connectivity index (χ1v) is 6.27. The van der Waals surface area contributed by atoms with Gasteiger partial charge >= 0.3 is 0 Å². The van der Waals surface area contributed by atoms with Crippen LogP contribution in [0.25, 0.3) is 0 Å². The van der Waals surface area contributed by atoms with Crippen LogP contribution in [0.3, 0.4) is 0 Å². The summed E-state index contributed by atoms with van der Waals surface area (Å²) in [7, 11) is 0. The van der Waals surface area contributed by atoms with E-state index in [2.05, 4.69) is 28.7 Å². The van der Waals surface area contributed by atoms with Crippen LogP contribution in [0.2, 0.25) is 0 Å². The lowest BCUT2D eigenvalue weighted by Gasteiger charge is -2.13. The maximum Gasteiger partial charge on any atom is 0.0961 e. The van der Waals surface area contributed by atoms with Crippen LogP contribution in [0.4, 0.5) is 0 Å². The van der Waals surface area contributed by atoms with Crippen molar-refractivity contribution in [3.05, 3.63) is 18.2 Å². The third-order valence-corrected chi connectivity index (χ3v) is 4.00. The van der Waals surface area contributed by atoms with Gasteiger partial charge in [0.1, 0.15) is 0 Å². The standard InChI is InChI=1S/C10H17N3S/c1-3-8-6-14-10(12-8)9-5-11-7-13(9)4-2/h5,7-8,10,12H,3-4,6H2,1-2H3. The summed E-state index contributed by atoms with van der Waals surface area (Å²) in [6.45, 7) is 5.39. The van der Waals surface area contributed by atoms with Gasteiger partial charge in [-0.2, -0.15) is 0 Å². The summed E-state index contributed by atoms with van der Waals surface area (Å²) in [6, 6.07) is 0.671. The molecular weight excluding hydrogens is 194 g/mol. The van der Waals surface area contributed by atoms with E-state index in [-0.39, 0.29) is 0 Å². The van der Waals surface area contributed by atoms with E-state index in [1.54, 1.807) is 0 Å². The number of hydrogen-bond donors (Lipinski definition) is 1. The Labute approximate surface area is 89.3 Å². The van der Waals surface area contributed by atoms with Gasteiger partial charge in [0, 0.05) is 18.3 Å². The molecule has 1 aromatic rings. The van der Waals surface area contributed by atoms with Crippen molar-refractivity contribution in [2.45, 2.75) is 38.2 Å². The summed E-state index contributed by atoms with van der Waals surface area (Å²) in [5, 5.41) is 4.07. The highest BCUT2D eigenvalue weighted by Gasteiger charge is 2.26. The Balaban J connectivity index is 2.09. The first kappa shape index (κ1) is 10.1. The molecule has 2 atom stereocenters. The average Bonchev–Trinajstić information content (AvgIpc) is 2.85. The highest BCUT2D eigenvalue weighted by atomic mass is 32.2. The molecule has 1 aliphatic rings. The molecule has 78 valence electrons. The van der Waals surface area contributed by atoms with Crippen molar-refractivity contribution in [1.29, 1.82) is 0 Å². The molecule has 0 bridgehead atoms. The predicted octanol–water partition coefficient (Wildman–Crippen LogP) is 2.02. The second kappa shape index (κ2) is 4.36. The summed E-state index contributed by atoms with van der Waals surface area (Å²) in [6.07, 6.45) is 5.10. The molecule has 0 aliphatic carbocycles. The highest BCUT2D eigenvalue weighted by molar-refractivity contribution is 7.99. The van der Waals surface area contributed by atoms with Crippen molar-refractivity contribution in [2.75, 3.05) is 5.75 Å². The van der Waals surface area contributed by atoms with Crippen molar-refractivity contribution in [1.82, 2.24) is 14.9 Å². The van der Waals surface area contributed by atoms with Crippen molar-refractivity contribution in [3.8, 4) is 0 Å². The monoisotopic (exact) mass is 211 g/mol. The average molecular weight is 211 g/mol. The smallest absolute Gasteiger partial charge is 0.0961 e. The van der Waals surface area contributed by atoms with Gasteiger partial charge in [-0.05, 0) is 13.3 Å². The summed E-state index contributed by atoms with van der Waals surface area (Å²) in [5.74, 6) is 1.22. The van der Waals surface area contributed by atoms with E-state index in [4.69, 9.17) is 0 Å². The van der Waals surface area contributed by atoms with Crippen LogP contribution in [-0.4, -0.2) is 21.3 Å². The van der Waals surface area contributed by atoms with Gasteiger partial charge in [-0.3, -0.25) is 5.32 Å². The summed E-state index contributed by atoms with van der Waals surface area (Å²) >= 11 is 1.99. The molecule has 0 spiro atoms. The summed E-state index contributed by atoms with van der Waals surface area (Å²) < 4.78 is 2.21. The maximum atomic E-state index is 4.20. The Hall–Kier alpha value is -0.480. The second-order valence-electron chi connectivity index (χ2n) is 3.59. The topological polar surface area (TPSA) is 29.9 Å². The SMILES string of the molecule is CCC1CSC(c2cncn2CC)N1. The first-order valence-electron chi connectivity index (χ1n) is 5.22. The number of imidazole rings is 1. The van der Waals surface area contributed by atoms with Crippen LogP contribution in [0.15, 0.2) is 12.5 Å². The Kier molecular flexibility index (Phi) is 3.13. The van der Waals surface area contributed by atoms with Crippen molar-refractivity contribution in [3.63, 3.8) is 0 Å². The fourth-order valence-electron chi connectivity index (χ4n) is 1.74. The lowest BCUT2D eigenvalue weighted by atomic mass is 10.2. The fraction of sp³-hybridized carbons (Fsp3) is 0.700. The van der Waals surface area contributed by atoms with Gasteiger partial charge in [0.2, 0.25) is 0 Å². The minimum absolute atomic E-state index is 0.447. The number of thioether (sulfide) groups is 1. The molecule has 3 nitrogen and oxygen atoms in total. The van der Waals surface area contributed by atoms with Crippen LogP contribution in [0, 0.1) is 0 Å². The first-order chi connectivity index (χ1) is 6.85. The van der Waals surface area contributed by atoms with Gasteiger partial charge in [-0.25, -0.2) is 4.98 Å². The molecular formula is C10H17N3S. The highest BCUT2D eigenvalue weighted by Crippen LogP contribution is 2.33. The molecule has 14 heavy (non-hydrogen) atoms. The summed E-state index contributed by atoms with van der Waals surface area (Å²) in [5.41, 5.74) is 1.31. The van der Waals surface area contributed by atoms with Gasteiger partial charge in [0.05, 0.1) is 23.6 Å². The van der Waals surface area contributed by atoms with E-state index in [0.717, 1.165) is 6.54 Å². The lowest BCUT2D eigenvalue weighted by Crippen LogP contribution is -2.25. The number of aryl methyl sites for hydroxylation is 1. The molecule has 4 heteroatoms. The van der Waals surface area contributed by atoms with E-state index in [1.165, 1.54) is 17.9 Å². The van der Waals surface area contributed by atoms with E-state index in [1.807, 2.05) is 24.3 Å². The summed E-state index contributed by atoms with van der Waals surface area (Å²) in [4.78, 5) is 4.20. The van der Waals surface area contributed by atoms with E-state index >= 15 is 0 Å². The van der Waals surface area contributed by atoms with Crippen LogP contribution in [0.1, 0.15) is 31.3 Å². The molecule has 0 amide bonds. The molecule has 1 N–H and O–H groups in total. The number of nitrogens with zero attached hydrogens (tertiary/aromatic N) is 2. The van der Waals surface area contributed by atoms with E-state index < -0.39 is 0 Å². The molecule has 1 fully saturated rings. The number of nitrogens with one attached hydrogen (secondary N) is 1. The molecule has 2 rings (SSSR count). The van der Waals surface area contributed by atoms with Gasteiger partial charge < -0.3 is 4.57 Å². The minimum atomic E-state index is 0.447. The van der Waals surface area contributed by atoms with Crippen molar-refractivity contribution >= 4 is 11.8 Å². The van der Waals surface area contributed by atoms with Crippen LogP contribution < -0.4 is 5.32 Å². The lowest BCUT2D eigenvalue weighted by molar-refractivity contribution is 0.541. The Morgan fingerprint density at radius 2 is 2.50 bits per heavy atom. The molecule has 1 aliphatic heterocycles. The van der Waals surface area contributed by atoms with Crippen LogP contribution in [-0.2, 0) is 6.54 Å². The van der Waals surface area contributed by atoms with Crippen LogP contribution >= 0.6 is 11.8 Å². The molecule has 1 saturated heterocycles. The Bertz CT molecular complexity index is 297. The largest absolute Gasteiger partial charge is 0.333 e. The van der Waals surface area contributed by atoms with Gasteiger partial charge in [0.15, 0.2) is 0 Å². The third-order valence-electron chi connectivity index (χ3n) is 2.70.